The van der Waals surface area contributed by atoms with Crippen molar-refractivity contribution in [3.63, 3.8) is 0 Å². The van der Waals surface area contributed by atoms with Crippen LogP contribution in [-0.4, -0.2) is 0 Å². The zero-order chi connectivity index (χ0) is 8.97. The molecule has 1 atom stereocenters. The van der Waals surface area contributed by atoms with Gasteiger partial charge in [0.2, 0.25) is 0 Å². The van der Waals surface area contributed by atoms with E-state index in [1.807, 2.05) is 24.3 Å². The van der Waals surface area contributed by atoms with Gasteiger partial charge >= 0.3 is 0 Å². The molecule has 1 unspecified atom stereocenters. The molecule has 0 bridgehead atoms. The summed E-state index contributed by atoms with van der Waals surface area (Å²) in [5.41, 5.74) is 2.33. The molecule has 0 aromatic heterocycles. The minimum Gasteiger partial charge on any atom is -0.102 e. The van der Waals surface area contributed by atoms with E-state index in [0.717, 1.165) is 5.57 Å². The first-order chi connectivity index (χ1) is 5.75. The monoisotopic (exact) mass is 158 g/mol. The molecular weight excluding hydrogens is 144 g/mol. The highest BCUT2D eigenvalue weighted by atomic mass is 14.1. The summed E-state index contributed by atoms with van der Waals surface area (Å²) in [6, 6.07) is 10.2. The predicted octanol–water partition coefficient (Wildman–Crippen LogP) is 3.52. The maximum absolute atomic E-state index is 4.02. The number of benzene rings is 1. The van der Waals surface area contributed by atoms with Gasteiger partial charge in [0.15, 0.2) is 0 Å². The molecule has 0 fully saturated rings. The van der Waals surface area contributed by atoms with Crippen molar-refractivity contribution in [1.82, 2.24) is 0 Å². The fraction of sp³-hybridized carbons (Fsp3) is 0.167. The summed E-state index contributed by atoms with van der Waals surface area (Å²) >= 11 is 0. The van der Waals surface area contributed by atoms with Gasteiger partial charge in [-0.05, 0) is 17.1 Å². The first-order valence-corrected chi connectivity index (χ1v) is 4.12. The van der Waals surface area contributed by atoms with Crippen molar-refractivity contribution in [2.75, 3.05) is 0 Å². The molecule has 0 N–H and O–H groups in total. The minimum absolute atomic E-state index is 0.354. The van der Waals surface area contributed by atoms with Crippen molar-refractivity contribution in [2.45, 2.75) is 6.92 Å². The lowest BCUT2D eigenvalue weighted by molar-refractivity contribution is 0.971. The van der Waals surface area contributed by atoms with Crippen LogP contribution in [0.2, 0.25) is 0 Å². The van der Waals surface area contributed by atoms with Crippen molar-refractivity contribution in [3.8, 4) is 0 Å². The second-order valence-electron chi connectivity index (χ2n) is 2.92. The van der Waals surface area contributed by atoms with E-state index in [1.165, 1.54) is 5.56 Å². The highest BCUT2D eigenvalue weighted by molar-refractivity contribution is 5.66. The Morgan fingerprint density at radius 3 is 2.42 bits per heavy atom. The molecule has 0 aliphatic carbocycles. The van der Waals surface area contributed by atoms with Gasteiger partial charge in [-0.15, -0.1) is 6.58 Å². The highest BCUT2D eigenvalue weighted by Crippen LogP contribution is 2.21. The largest absolute Gasteiger partial charge is 0.102 e. The Balaban J connectivity index is 2.85. The van der Waals surface area contributed by atoms with Crippen LogP contribution in [0.25, 0.3) is 5.57 Å². The Morgan fingerprint density at radius 2 is 1.92 bits per heavy atom. The molecule has 0 aliphatic heterocycles. The molecule has 0 saturated carbocycles. The molecule has 0 radical (unpaired) electrons. The van der Waals surface area contributed by atoms with Gasteiger partial charge in [0.25, 0.3) is 0 Å². The second-order valence-corrected chi connectivity index (χ2v) is 2.92. The van der Waals surface area contributed by atoms with E-state index in [4.69, 9.17) is 0 Å². The molecule has 12 heavy (non-hydrogen) atoms. The van der Waals surface area contributed by atoms with Gasteiger partial charge in [0.1, 0.15) is 0 Å². The summed E-state index contributed by atoms with van der Waals surface area (Å²) in [4.78, 5) is 0. The normalized spacial score (nSPS) is 12.1. The molecule has 1 rings (SSSR count). The standard InChI is InChI=1S/C12H14/c1-4-10(2)11(3)12-8-6-5-7-9-12/h4-10H,1,3H2,2H3. The number of rotatable bonds is 3. The third-order valence-corrected chi connectivity index (χ3v) is 2.05. The molecule has 0 saturated heterocycles. The fourth-order valence-electron chi connectivity index (χ4n) is 1.06. The smallest absolute Gasteiger partial charge is 0.00131 e. The Morgan fingerprint density at radius 1 is 1.33 bits per heavy atom. The van der Waals surface area contributed by atoms with Crippen LogP contribution < -0.4 is 0 Å². The Labute approximate surface area is 74.2 Å². The maximum Gasteiger partial charge on any atom is -0.00131 e. The number of hydrogen-bond acceptors (Lipinski definition) is 0. The zero-order valence-corrected chi connectivity index (χ0v) is 7.46. The molecule has 62 valence electrons. The van der Waals surface area contributed by atoms with Gasteiger partial charge < -0.3 is 0 Å². The fourth-order valence-corrected chi connectivity index (χ4v) is 1.06. The van der Waals surface area contributed by atoms with Crippen molar-refractivity contribution >= 4 is 5.57 Å². The Bertz CT molecular complexity index is 269. The van der Waals surface area contributed by atoms with Crippen LogP contribution in [0.5, 0.6) is 0 Å². The number of hydrogen-bond donors (Lipinski definition) is 0. The van der Waals surface area contributed by atoms with Crippen molar-refractivity contribution in [2.24, 2.45) is 5.92 Å². The quantitative estimate of drug-likeness (QED) is 0.590. The molecule has 0 amide bonds. The molecule has 0 aliphatic rings. The molecule has 1 aromatic rings. The van der Waals surface area contributed by atoms with E-state index in [1.54, 1.807) is 0 Å². The Kier molecular flexibility index (Phi) is 2.87. The lowest BCUT2D eigenvalue weighted by Crippen LogP contribution is -1.92. The van der Waals surface area contributed by atoms with Crippen molar-refractivity contribution in [1.29, 1.82) is 0 Å². The molecule has 0 heterocycles. The summed E-state index contributed by atoms with van der Waals surface area (Å²) in [6.07, 6.45) is 1.91. The van der Waals surface area contributed by atoms with E-state index in [2.05, 4.69) is 32.2 Å². The van der Waals surface area contributed by atoms with Crippen LogP contribution in [0.1, 0.15) is 12.5 Å². The summed E-state index contributed by atoms with van der Waals surface area (Å²) in [5, 5.41) is 0. The van der Waals surface area contributed by atoms with E-state index < -0.39 is 0 Å². The second kappa shape index (κ2) is 3.91. The van der Waals surface area contributed by atoms with Crippen LogP contribution in [0.4, 0.5) is 0 Å². The maximum atomic E-state index is 4.02. The molecule has 0 nitrogen and oxygen atoms in total. The topological polar surface area (TPSA) is 0 Å². The summed E-state index contributed by atoms with van der Waals surface area (Å²) in [6.45, 7) is 9.87. The van der Waals surface area contributed by atoms with Gasteiger partial charge in [-0.25, -0.2) is 0 Å². The van der Waals surface area contributed by atoms with Gasteiger partial charge in [-0.1, -0.05) is 49.9 Å². The number of allylic oxidation sites excluding steroid dienone is 2. The van der Waals surface area contributed by atoms with E-state index in [0.29, 0.717) is 5.92 Å². The summed E-state index contributed by atoms with van der Waals surface area (Å²) in [5.74, 6) is 0.354. The van der Waals surface area contributed by atoms with Gasteiger partial charge in [0, 0.05) is 0 Å². The molecule has 0 spiro atoms. The summed E-state index contributed by atoms with van der Waals surface area (Å²) < 4.78 is 0. The third kappa shape index (κ3) is 1.85. The van der Waals surface area contributed by atoms with Crippen LogP contribution >= 0.6 is 0 Å². The van der Waals surface area contributed by atoms with Gasteiger partial charge in [0.05, 0.1) is 0 Å². The van der Waals surface area contributed by atoms with E-state index in [9.17, 15) is 0 Å². The van der Waals surface area contributed by atoms with Crippen LogP contribution in [0, 0.1) is 5.92 Å². The lowest BCUT2D eigenvalue weighted by Gasteiger charge is -2.09. The van der Waals surface area contributed by atoms with Crippen molar-refractivity contribution in [3.05, 3.63) is 55.1 Å². The highest BCUT2D eigenvalue weighted by Gasteiger charge is 2.02. The van der Waals surface area contributed by atoms with Gasteiger partial charge in [-0.2, -0.15) is 0 Å². The first kappa shape index (κ1) is 8.79. The first-order valence-electron chi connectivity index (χ1n) is 4.12. The minimum atomic E-state index is 0.354. The predicted molar refractivity (Wildman–Crippen MR) is 54.8 cm³/mol. The molecule has 0 heteroatoms. The third-order valence-electron chi connectivity index (χ3n) is 2.05. The Hall–Kier alpha value is -1.30. The van der Waals surface area contributed by atoms with Crippen LogP contribution in [-0.2, 0) is 0 Å². The van der Waals surface area contributed by atoms with Gasteiger partial charge in [-0.3, -0.25) is 0 Å². The van der Waals surface area contributed by atoms with E-state index >= 15 is 0 Å². The summed E-state index contributed by atoms with van der Waals surface area (Å²) in [7, 11) is 0. The molecular formula is C12H14. The lowest BCUT2D eigenvalue weighted by atomic mass is 9.96. The van der Waals surface area contributed by atoms with Crippen molar-refractivity contribution < 1.29 is 0 Å². The molecule has 1 aromatic carbocycles. The van der Waals surface area contributed by atoms with Crippen LogP contribution in [0.3, 0.4) is 0 Å². The average Bonchev–Trinajstić information content (AvgIpc) is 2.17. The SMILES string of the molecule is C=CC(C)C(=C)c1ccccc1. The van der Waals surface area contributed by atoms with Crippen LogP contribution in [0.15, 0.2) is 49.6 Å². The average molecular weight is 158 g/mol. The zero-order valence-electron chi connectivity index (χ0n) is 7.46. The van der Waals surface area contributed by atoms with E-state index in [-0.39, 0.29) is 0 Å².